The highest BCUT2D eigenvalue weighted by molar-refractivity contribution is 5.77. The van der Waals surface area contributed by atoms with E-state index >= 15 is 0 Å². The number of benzene rings is 1. The van der Waals surface area contributed by atoms with Crippen molar-refractivity contribution in [3.8, 4) is 5.75 Å². The van der Waals surface area contributed by atoms with Gasteiger partial charge in [-0.05, 0) is 36.2 Å². The predicted molar refractivity (Wildman–Crippen MR) is 77.8 cm³/mol. The minimum absolute atomic E-state index is 0.168. The van der Waals surface area contributed by atoms with Crippen LogP contribution >= 0.6 is 0 Å². The molecule has 1 aromatic heterocycles. The Morgan fingerprint density at radius 2 is 2.05 bits per heavy atom. The van der Waals surface area contributed by atoms with Crippen LogP contribution in [0.1, 0.15) is 17.7 Å². The first-order chi connectivity index (χ1) is 10.3. The van der Waals surface area contributed by atoms with Gasteiger partial charge in [0.2, 0.25) is 5.91 Å². The van der Waals surface area contributed by atoms with E-state index in [-0.39, 0.29) is 12.3 Å². The van der Waals surface area contributed by atoms with Crippen molar-refractivity contribution in [2.75, 3.05) is 13.7 Å². The van der Waals surface area contributed by atoms with Gasteiger partial charge in [0.05, 0.1) is 26.4 Å². The summed E-state index contributed by atoms with van der Waals surface area (Å²) in [6, 6.07) is 11.1. The lowest BCUT2D eigenvalue weighted by molar-refractivity contribution is -0.132. The fourth-order valence-electron chi connectivity index (χ4n) is 1.87. The van der Waals surface area contributed by atoms with Crippen LogP contribution in [0.2, 0.25) is 0 Å². The van der Waals surface area contributed by atoms with Crippen molar-refractivity contribution >= 4 is 5.91 Å². The maximum absolute atomic E-state index is 11.7. The van der Waals surface area contributed by atoms with Gasteiger partial charge in [0.1, 0.15) is 11.5 Å². The molecule has 0 unspecified atom stereocenters. The Labute approximate surface area is 123 Å². The summed E-state index contributed by atoms with van der Waals surface area (Å²) < 4.78 is 10.3. The number of carbonyl (C=O) groups excluding carboxylic acids is 1. The first-order valence-corrected chi connectivity index (χ1v) is 6.84. The minimum Gasteiger partial charge on any atom is -0.497 e. The summed E-state index contributed by atoms with van der Waals surface area (Å²) in [5.41, 5.74) is 3.35. The third-order valence-electron chi connectivity index (χ3n) is 2.96. The van der Waals surface area contributed by atoms with Gasteiger partial charge in [-0.2, -0.15) is 0 Å². The van der Waals surface area contributed by atoms with Gasteiger partial charge in [-0.1, -0.05) is 12.1 Å². The third-order valence-corrected chi connectivity index (χ3v) is 2.96. The molecule has 0 aliphatic carbocycles. The van der Waals surface area contributed by atoms with Crippen molar-refractivity contribution in [2.24, 2.45) is 0 Å². The normalized spacial score (nSPS) is 10.3. The Morgan fingerprint density at radius 3 is 2.71 bits per heavy atom. The smallest absolute Gasteiger partial charge is 0.247 e. The van der Waals surface area contributed by atoms with E-state index < -0.39 is 0 Å². The Balaban J connectivity index is 1.60. The molecule has 0 bridgehead atoms. The summed E-state index contributed by atoms with van der Waals surface area (Å²) in [7, 11) is 1.61. The van der Waals surface area contributed by atoms with Crippen LogP contribution in [0.3, 0.4) is 0 Å². The van der Waals surface area contributed by atoms with Gasteiger partial charge in [-0.3, -0.25) is 9.63 Å². The van der Waals surface area contributed by atoms with Gasteiger partial charge >= 0.3 is 0 Å². The van der Waals surface area contributed by atoms with Crippen LogP contribution < -0.4 is 10.2 Å². The van der Waals surface area contributed by atoms with Crippen LogP contribution in [0.25, 0.3) is 0 Å². The average Bonchev–Trinajstić information content (AvgIpc) is 3.01. The van der Waals surface area contributed by atoms with Crippen molar-refractivity contribution in [3.63, 3.8) is 0 Å². The van der Waals surface area contributed by atoms with E-state index in [0.717, 1.165) is 29.9 Å². The van der Waals surface area contributed by atoms with Crippen LogP contribution in [0, 0.1) is 0 Å². The summed E-state index contributed by atoms with van der Waals surface area (Å²) >= 11 is 0. The van der Waals surface area contributed by atoms with Gasteiger partial charge in [0, 0.05) is 6.42 Å². The quantitative estimate of drug-likeness (QED) is 0.599. The van der Waals surface area contributed by atoms with Crippen molar-refractivity contribution < 1.29 is 18.8 Å². The molecule has 0 saturated carbocycles. The van der Waals surface area contributed by atoms with Gasteiger partial charge < -0.3 is 9.15 Å². The molecule has 0 atom stereocenters. The molecule has 0 aliphatic heterocycles. The number of aryl methyl sites for hydroxylation is 1. The summed E-state index contributed by atoms with van der Waals surface area (Å²) in [6.45, 7) is 0.453. The van der Waals surface area contributed by atoms with Gasteiger partial charge in [0.15, 0.2) is 0 Å². The maximum Gasteiger partial charge on any atom is 0.247 e. The molecule has 1 amide bonds. The number of hydroxylamine groups is 1. The van der Waals surface area contributed by atoms with E-state index in [2.05, 4.69) is 5.48 Å². The fraction of sp³-hybridized carbons (Fsp3) is 0.312. The second-order valence-electron chi connectivity index (χ2n) is 4.58. The molecule has 0 saturated heterocycles. The van der Waals surface area contributed by atoms with Gasteiger partial charge in [0.25, 0.3) is 0 Å². The number of ether oxygens (including phenoxy) is 1. The molecule has 1 N–H and O–H groups in total. The molecule has 112 valence electrons. The van der Waals surface area contributed by atoms with Crippen LogP contribution in [0.4, 0.5) is 0 Å². The number of carbonyl (C=O) groups is 1. The average molecular weight is 289 g/mol. The Hall–Kier alpha value is -2.27. The number of nitrogens with one attached hydrogen (secondary N) is 1. The zero-order chi connectivity index (χ0) is 14.9. The molecular weight excluding hydrogens is 270 g/mol. The van der Waals surface area contributed by atoms with Gasteiger partial charge in [-0.25, -0.2) is 5.48 Å². The fourth-order valence-corrected chi connectivity index (χ4v) is 1.87. The highest BCUT2D eigenvalue weighted by Crippen LogP contribution is 2.11. The monoisotopic (exact) mass is 289 g/mol. The lowest BCUT2D eigenvalue weighted by Crippen LogP contribution is -2.26. The number of hydrogen-bond donors (Lipinski definition) is 1. The lowest BCUT2D eigenvalue weighted by Gasteiger charge is -2.06. The molecule has 1 aromatic carbocycles. The SMILES string of the molecule is COc1ccc(CC(=O)NOCCCc2ccco2)cc1. The number of amides is 1. The summed E-state index contributed by atoms with van der Waals surface area (Å²) in [4.78, 5) is 16.8. The first-order valence-electron chi connectivity index (χ1n) is 6.84. The molecule has 21 heavy (non-hydrogen) atoms. The largest absolute Gasteiger partial charge is 0.497 e. The molecule has 5 heteroatoms. The van der Waals surface area contributed by atoms with Crippen molar-refractivity contribution in [3.05, 3.63) is 54.0 Å². The Kier molecular flexibility index (Phi) is 5.84. The molecule has 0 fully saturated rings. The first kappa shape index (κ1) is 15.1. The van der Waals surface area contributed by atoms with Crippen molar-refractivity contribution in [1.82, 2.24) is 5.48 Å². The standard InChI is InChI=1S/C16H19NO4/c1-19-14-8-6-13(7-9-14)12-16(18)17-21-11-3-5-15-4-2-10-20-15/h2,4,6-10H,3,5,11-12H2,1H3,(H,17,18). The van der Waals surface area contributed by atoms with Crippen LogP contribution in [-0.4, -0.2) is 19.6 Å². The summed E-state index contributed by atoms with van der Waals surface area (Å²) in [6.07, 6.45) is 3.51. The van der Waals surface area contributed by atoms with E-state index in [1.807, 2.05) is 36.4 Å². The second kappa shape index (κ2) is 8.11. The zero-order valence-corrected chi connectivity index (χ0v) is 12.0. The lowest BCUT2D eigenvalue weighted by atomic mass is 10.1. The molecule has 0 radical (unpaired) electrons. The molecule has 2 rings (SSSR count). The minimum atomic E-state index is -0.168. The zero-order valence-electron chi connectivity index (χ0n) is 12.0. The highest BCUT2D eigenvalue weighted by Gasteiger charge is 2.04. The maximum atomic E-state index is 11.7. The molecule has 0 spiro atoms. The molecular formula is C16H19NO4. The van der Waals surface area contributed by atoms with Crippen molar-refractivity contribution in [1.29, 1.82) is 0 Å². The molecule has 0 aliphatic rings. The summed E-state index contributed by atoms with van der Waals surface area (Å²) in [5, 5.41) is 0. The number of furan rings is 1. The number of hydrogen-bond acceptors (Lipinski definition) is 4. The Bertz CT molecular complexity index is 534. The van der Waals surface area contributed by atoms with Crippen LogP contribution in [-0.2, 0) is 22.5 Å². The predicted octanol–water partition coefficient (Wildman–Crippen LogP) is 2.51. The topological polar surface area (TPSA) is 60.7 Å². The summed E-state index contributed by atoms with van der Waals surface area (Å²) in [5.74, 6) is 1.52. The van der Waals surface area contributed by atoms with E-state index in [0.29, 0.717) is 6.61 Å². The molecule has 1 heterocycles. The third kappa shape index (κ3) is 5.31. The molecule has 2 aromatic rings. The number of rotatable bonds is 8. The van der Waals surface area contributed by atoms with Crippen LogP contribution in [0.15, 0.2) is 47.1 Å². The molecule has 5 nitrogen and oxygen atoms in total. The van der Waals surface area contributed by atoms with E-state index in [1.54, 1.807) is 13.4 Å². The van der Waals surface area contributed by atoms with Crippen LogP contribution in [0.5, 0.6) is 5.75 Å². The highest BCUT2D eigenvalue weighted by atomic mass is 16.6. The van der Waals surface area contributed by atoms with E-state index in [1.165, 1.54) is 0 Å². The number of methoxy groups -OCH3 is 1. The van der Waals surface area contributed by atoms with Crippen molar-refractivity contribution in [2.45, 2.75) is 19.3 Å². The van der Waals surface area contributed by atoms with E-state index in [4.69, 9.17) is 14.0 Å². The Morgan fingerprint density at radius 1 is 1.24 bits per heavy atom. The second-order valence-corrected chi connectivity index (χ2v) is 4.58. The van der Waals surface area contributed by atoms with E-state index in [9.17, 15) is 4.79 Å². The van der Waals surface area contributed by atoms with Gasteiger partial charge in [-0.15, -0.1) is 0 Å².